The van der Waals surface area contributed by atoms with Crippen LogP contribution in [0.1, 0.15) is 26.5 Å². The average molecular weight is 415 g/mol. The lowest BCUT2D eigenvalue weighted by atomic mass is 10.2. The van der Waals surface area contributed by atoms with Gasteiger partial charge in [0.2, 0.25) is 5.82 Å². The minimum absolute atomic E-state index is 0.163. The molecule has 0 atom stereocenters. The fraction of sp³-hybridized carbons (Fsp3) is 0.375. The molecule has 2 aromatic rings. The largest absolute Gasteiger partial charge is 0.478 e. The number of sulfonamides is 1. The van der Waals surface area contributed by atoms with Gasteiger partial charge in [-0.2, -0.15) is 0 Å². The first-order valence-electron chi connectivity index (χ1n) is 7.74. The van der Waals surface area contributed by atoms with E-state index in [0.29, 0.717) is 10.00 Å². The van der Waals surface area contributed by atoms with Crippen molar-refractivity contribution in [3.63, 3.8) is 0 Å². The van der Waals surface area contributed by atoms with Crippen LogP contribution in [-0.4, -0.2) is 42.2 Å². The number of hydrogen-bond donors (Lipinski definition) is 0. The number of anilines is 1. The van der Waals surface area contributed by atoms with Crippen molar-refractivity contribution < 1.29 is 22.7 Å². The van der Waals surface area contributed by atoms with E-state index in [9.17, 15) is 13.2 Å². The normalized spacial score (nSPS) is 11.8. The van der Waals surface area contributed by atoms with E-state index in [4.69, 9.17) is 21.1 Å². The molecule has 0 spiro atoms. The van der Waals surface area contributed by atoms with E-state index in [1.165, 1.54) is 31.6 Å². The highest BCUT2D eigenvalue weighted by Gasteiger charge is 2.39. The van der Waals surface area contributed by atoms with Crippen LogP contribution in [0.2, 0.25) is 5.15 Å². The van der Waals surface area contributed by atoms with Crippen molar-refractivity contribution >= 4 is 33.5 Å². The van der Waals surface area contributed by atoms with Gasteiger partial charge in [-0.15, -0.1) is 4.31 Å². The number of pyridine rings is 1. The predicted octanol–water partition coefficient (Wildman–Crippen LogP) is 2.97. The molecule has 146 valence electrons. The standard InChI is InChI=1S/C16H19ClN4O5S/c1-10-9-19-13(14(20-10)25-5)21(15(22)26-16(2,3)4)27(23,24)11-7-6-8-18-12(11)17/h6-9H,1-5H3. The van der Waals surface area contributed by atoms with E-state index in [2.05, 4.69) is 15.0 Å². The molecule has 0 N–H and O–H groups in total. The molecule has 0 saturated heterocycles. The number of carbonyl (C=O) groups is 1. The molecule has 0 saturated carbocycles. The van der Waals surface area contributed by atoms with Gasteiger partial charge < -0.3 is 9.47 Å². The van der Waals surface area contributed by atoms with Gasteiger partial charge in [-0.05, 0) is 39.8 Å². The summed E-state index contributed by atoms with van der Waals surface area (Å²) in [6, 6.07) is 2.60. The molecule has 0 unspecified atom stereocenters. The van der Waals surface area contributed by atoms with E-state index >= 15 is 0 Å². The van der Waals surface area contributed by atoms with E-state index in [-0.39, 0.29) is 21.7 Å². The van der Waals surface area contributed by atoms with Crippen LogP contribution in [0.15, 0.2) is 29.4 Å². The van der Waals surface area contributed by atoms with E-state index < -0.39 is 21.7 Å². The number of carbonyl (C=O) groups excluding carboxylic acids is 1. The van der Waals surface area contributed by atoms with Crippen LogP contribution in [-0.2, 0) is 14.8 Å². The van der Waals surface area contributed by atoms with Crippen LogP contribution < -0.4 is 9.04 Å². The summed E-state index contributed by atoms with van der Waals surface area (Å²) in [4.78, 5) is 24.2. The van der Waals surface area contributed by atoms with Crippen molar-refractivity contribution in [3.8, 4) is 5.88 Å². The zero-order chi connectivity index (χ0) is 20.4. The van der Waals surface area contributed by atoms with Crippen molar-refractivity contribution in [2.24, 2.45) is 0 Å². The third-order valence-electron chi connectivity index (χ3n) is 3.03. The number of rotatable bonds is 4. The minimum atomic E-state index is -4.52. The Labute approximate surface area is 162 Å². The van der Waals surface area contributed by atoms with Crippen LogP contribution in [0.4, 0.5) is 10.6 Å². The van der Waals surface area contributed by atoms with Crippen LogP contribution in [0, 0.1) is 6.92 Å². The number of nitrogens with zero attached hydrogens (tertiary/aromatic N) is 4. The Hall–Kier alpha value is -2.46. The lowest BCUT2D eigenvalue weighted by Crippen LogP contribution is -2.42. The Morgan fingerprint density at radius 2 is 1.93 bits per heavy atom. The maximum atomic E-state index is 13.2. The second-order valence-corrected chi connectivity index (χ2v) is 8.50. The summed E-state index contributed by atoms with van der Waals surface area (Å²) in [5.41, 5.74) is -0.494. The van der Waals surface area contributed by atoms with Crippen LogP contribution in [0.5, 0.6) is 5.88 Å². The molecule has 0 fully saturated rings. The number of amides is 1. The highest BCUT2D eigenvalue weighted by Crippen LogP contribution is 2.32. The maximum absolute atomic E-state index is 13.2. The summed E-state index contributed by atoms with van der Waals surface area (Å²) in [6.07, 6.45) is 1.44. The van der Waals surface area contributed by atoms with Gasteiger partial charge in [0.05, 0.1) is 19.0 Å². The predicted molar refractivity (Wildman–Crippen MR) is 98.5 cm³/mol. The summed E-state index contributed by atoms with van der Waals surface area (Å²) in [7, 11) is -3.24. The highest BCUT2D eigenvalue weighted by molar-refractivity contribution is 7.93. The Morgan fingerprint density at radius 3 is 2.48 bits per heavy atom. The number of methoxy groups -OCH3 is 1. The first-order chi connectivity index (χ1) is 12.5. The minimum Gasteiger partial charge on any atom is -0.478 e. The first kappa shape index (κ1) is 20.8. The van der Waals surface area contributed by atoms with Crippen molar-refractivity contribution in [2.75, 3.05) is 11.4 Å². The molecule has 9 nitrogen and oxygen atoms in total. The molecule has 1 amide bonds. The van der Waals surface area contributed by atoms with Gasteiger partial charge in [-0.1, -0.05) is 11.6 Å². The smallest absolute Gasteiger partial charge is 0.430 e. The lowest BCUT2D eigenvalue weighted by Gasteiger charge is -2.26. The van der Waals surface area contributed by atoms with Gasteiger partial charge >= 0.3 is 6.09 Å². The Bertz CT molecular complexity index is 960. The molecule has 2 aromatic heterocycles. The second kappa shape index (κ2) is 7.65. The van der Waals surface area contributed by atoms with Gasteiger partial charge in [-0.25, -0.2) is 28.2 Å². The van der Waals surface area contributed by atoms with Gasteiger partial charge in [0.1, 0.15) is 15.6 Å². The molecule has 27 heavy (non-hydrogen) atoms. The van der Waals surface area contributed by atoms with E-state index in [1.807, 2.05) is 0 Å². The van der Waals surface area contributed by atoms with Crippen LogP contribution in [0.25, 0.3) is 0 Å². The van der Waals surface area contributed by atoms with Gasteiger partial charge in [0, 0.05) is 6.20 Å². The molecular weight excluding hydrogens is 396 g/mol. The van der Waals surface area contributed by atoms with Gasteiger partial charge in [-0.3, -0.25) is 0 Å². The highest BCUT2D eigenvalue weighted by atomic mass is 35.5. The number of ether oxygens (including phenoxy) is 2. The van der Waals surface area contributed by atoms with Gasteiger partial charge in [0.15, 0.2) is 0 Å². The zero-order valence-electron chi connectivity index (χ0n) is 15.4. The summed E-state index contributed by atoms with van der Waals surface area (Å²) < 4.78 is 37.2. The zero-order valence-corrected chi connectivity index (χ0v) is 17.0. The number of hydrogen-bond acceptors (Lipinski definition) is 8. The SMILES string of the molecule is COc1nc(C)cnc1N(C(=O)OC(C)(C)C)S(=O)(=O)c1cccnc1Cl. The molecule has 2 rings (SSSR count). The molecule has 2 heterocycles. The number of halogens is 1. The molecular formula is C16H19ClN4O5S. The Morgan fingerprint density at radius 1 is 1.26 bits per heavy atom. The average Bonchev–Trinajstić information content (AvgIpc) is 2.54. The summed E-state index contributed by atoms with van der Waals surface area (Å²) in [5.74, 6) is -0.512. The number of aromatic nitrogens is 3. The van der Waals surface area contributed by atoms with Gasteiger partial charge in [0.25, 0.3) is 15.9 Å². The second-order valence-electron chi connectivity index (χ2n) is 6.39. The van der Waals surface area contributed by atoms with E-state index in [1.54, 1.807) is 27.7 Å². The third kappa shape index (κ3) is 4.64. The third-order valence-corrected chi connectivity index (χ3v) is 5.13. The van der Waals surface area contributed by atoms with Crippen LogP contribution >= 0.6 is 11.6 Å². The molecule has 0 aliphatic rings. The first-order valence-corrected chi connectivity index (χ1v) is 9.55. The molecule has 0 aliphatic heterocycles. The summed E-state index contributed by atoms with van der Waals surface area (Å²) in [5, 5.41) is -0.301. The Kier molecular flexibility index (Phi) is 5.91. The monoisotopic (exact) mass is 414 g/mol. The maximum Gasteiger partial charge on any atom is 0.430 e. The molecule has 0 aliphatic carbocycles. The van der Waals surface area contributed by atoms with Crippen molar-refractivity contribution in [1.82, 2.24) is 15.0 Å². The van der Waals surface area contributed by atoms with Crippen molar-refractivity contribution in [3.05, 3.63) is 35.4 Å². The summed E-state index contributed by atoms with van der Waals surface area (Å²) >= 11 is 5.94. The van der Waals surface area contributed by atoms with Crippen molar-refractivity contribution in [1.29, 1.82) is 0 Å². The number of aryl methyl sites for hydroxylation is 1. The molecule has 0 radical (unpaired) electrons. The topological polar surface area (TPSA) is 112 Å². The van der Waals surface area contributed by atoms with Crippen LogP contribution in [0.3, 0.4) is 0 Å². The quantitative estimate of drug-likeness (QED) is 0.702. The fourth-order valence-electron chi connectivity index (χ4n) is 1.99. The van der Waals surface area contributed by atoms with Crippen molar-refractivity contribution in [2.45, 2.75) is 38.2 Å². The fourth-order valence-corrected chi connectivity index (χ4v) is 3.70. The molecule has 0 aromatic carbocycles. The van der Waals surface area contributed by atoms with E-state index in [0.717, 1.165) is 0 Å². The lowest BCUT2D eigenvalue weighted by molar-refractivity contribution is 0.0607. The molecule has 11 heteroatoms. The summed E-state index contributed by atoms with van der Waals surface area (Å²) in [6.45, 7) is 6.45. The molecule has 0 bridgehead atoms. The Balaban J connectivity index is 2.71.